The highest BCUT2D eigenvalue weighted by atomic mass is 32.2. The fourth-order valence-electron chi connectivity index (χ4n) is 3.04. The van der Waals surface area contributed by atoms with Crippen molar-refractivity contribution in [2.45, 2.75) is 11.7 Å². The van der Waals surface area contributed by atoms with E-state index in [9.17, 15) is 18.0 Å². The zero-order valence-corrected chi connectivity index (χ0v) is 21.3. The highest BCUT2D eigenvalue weighted by Gasteiger charge is 2.23. The van der Waals surface area contributed by atoms with E-state index in [1.54, 1.807) is 18.2 Å². The minimum Gasteiger partial charge on any atom is -0.494 e. The van der Waals surface area contributed by atoms with Crippen LogP contribution in [0.4, 0.5) is 22.0 Å². The number of aromatic nitrogens is 4. The average molecular weight is 535 g/mol. The van der Waals surface area contributed by atoms with Gasteiger partial charge < -0.3 is 24.6 Å². The van der Waals surface area contributed by atoms with E-state index in [0.717, 1.165) is 13.4 Å². The molecule has 3 N–H and O–H groups in total. The van der Waals surface area contributed by atoms with Crippen LogP contribution in [-0.2, 0) is 21.0 Å². The van der Waals surface area contributed by atoms with Crippen LogP contribution in [0.3, 0.4) is 0 Å². The number of carbonyl (C=O) groups is 2. The van der Waals surface area contributed by atoms with Crippen LogP contribution in [0.1, 0.15) is 16.4 Å². The predicted molar refractivity (Wildman–Crippen MR) is 139 cm³/mol. The molecule has 0 spiro atoms. The molecule has 0 saturated carbocycles. The Bertz CT molecular complexity index is 1440. The first-order valence-electron chi connectivity index (χ1n) is 10.7. The van der Waals surface area contributed by atoms with Gasteiger partial charge >= 0.3 is 6.09 Å². The van der Waals surface area contributed by atoms with E-state index in [2.05, 4.69) is 41.0 Å². The monoisotopic (exact) mass is 535 g/mol. The maximum absolute atomic E-state index is 12.7. The predicted octanol–water partition coefficient (Wildman–Crippen LogP) is -0.109. The van der Waals surface area contributed by atoms with E-state index in [1.165, 1.54) is 13.2 Å². The molecule has 2 amide bonds. The molecule has 0 atom stereocenters. The lowest BCUT2D eigenvalue weighted by Crippen LogP contribution is -2.50. The number of aryl methyl sites for hydroxylation is 1. The number of carbonyl (C=O) groups excluding carboxylic acids is 2. The van der Waals surface area contributed by atoms with Crippen molar-refractivity contribution in [1.82, 2.24) is 25.7 Å². The van der Waals surface area contributed by atoms with Crippen LogP contribution in [0.25, 0.3) is 11.4 Å². The van der Waals surface area contributed by atoms with E-state index < -0.39 is 27.1 Å². The molecule has 18 heteroatoms. The van der Waals surface area contributed by atoms with Crippen LogP contribution >= 0.6 is 0 Å². The Kier molecular flexibility index (Phi) is 8.65. The van der Waals surface area contributed by atoms with Gasteiger partial charge in [-0.2, -0.15) is 4.98 Å². The Morgan fingerprint density at radius 3 is 2.50 bits per heavy atom. The summed E-state index contributed by atoms with van der Waals surface area (Å²) >= 11 is 0. The Morgan fingerprint density at radius 1 is 1.13 bits per heavy atom. The molecule has 0 saturated heterocycles. The molecule has 1 aromatic carbocycles. The van der Waals surface area contributed by atoms with Gasteiger partial charge in [0.05, 0.1) is 60.4 Å². The normalized spacial score (nSPS) is 11.4. The fraction of sp³-hybridized carbons (Fsp3) is 0.300. The largest absolute Gasteiger partial charge is 0.494 e. The van der Waals surface area contributed by atoms with Crippen LogP contribution in [0.5, 0.6) is 5.75 Å². The summed E-state index contributed by atoms with van der Waals surface area (Å²) in [6, 6.07) is 6.19. The van der Waals surface area contributed by atoms with Gasteiger partial charge in [0.25, 0.3) is 5.91 Å². The van der Waals surface area contributed by atoms with Crippen LogP contribution < -0.4 is 20.7 Å². The van der Waals surface area contributed by atoms with E-state index in [0.29, 0.717) is 11.3 Å². The van der Waals surface area contributed by atoms with Crippen molar-refractivity contribution in [3.05, 3.63) is 35.9 Å². The van der Waals surface area contributed by atoms with Crippen molar-refractivity contribution < 1.29 is 32.0 Å². The number of anilines is 3. The number of nitrogens with one attached hydrogen (secondary N) is 3. The van der Waals surface area contributed by atoms with Crippen molar-refractivity contribution in [2.24, 2.45) is 0 Å². The molecule has 3 aromatic rings. The minimum absolute atomic E-state index is 0.0359. The number of methoxy groups -OCH3 is 2. The number of hydrogen-bond donors (Lipinski definition) is 3. The van der Waals surface area contributed by atoms with E-state index in [1.807, 2.05) is 0 Å². The quantitative estimate of drug-likeness (QED) is 0.293. The van der Waals surface area contributed by atoms with Gasteiger partial charge in [-0.15, -0.1) is 10.2 Å². The van der Waals surface area contributed by atoms with Gasteiger partial charge in [0, 0.05) is 18.7 Å². The van der Waals surface area contributed by atoms with Crippen molar-refractivity contribution >= 4 is 62.6 Å². The zero-order valence-electron chi connectivity index (χ0n) is 20.5. The summed E-state index contributed by atoms with van der Waals surface area (Å²) in [6.45, 7) is 0. The smallest absolute Gasteiger partial charge is 0.412 e. The second-order valence-electron chi connectivity index (χ2n) is 7.90. The molecule has 0 aliphatic rings. The van der Waals surface area contributed by atoms with Crippen LogP contribution in [0.2, 0.25) is 0 Å². The average Bonchev–Trinajstić information content (AvgIpc) is 3.30. The third-order valence-corrected chi connectivity index (χ3v) is 5.58. The lowest BCUT2D eigenvalue weighted by Gasteiger charge is -2.23. The summed E-state index contributed by atoms with van der Waals surface area (Å²) in [5, 5.41) is 16.9. The number of nitrogens with zero attached hydrogens (tertiary/aromatic N) is 4. The molecule has 0 bridgehead atoms. The number of amides is 2. The number of hydrogen-bond acceptors (Lipinski definition) is 12. The Hall–Kier alpha value is -4.08. The number of para-hydroxylation sites is 1. The third-order valence-electron chi connectivity index (χ3n) is 4.64. The molecule has 3 rings (SSSR count). The first-order chi connectivity index (χ1) is 17.8. The molecule has 38 heavy (non-hydrogen) atoms. The van der Waals surface area contributed by atoms with E-state index in [4.69, 9.17) is 32.8 Å². The Balaban J connectivity index is 2.00. The third kappa shape index (κ3) is 7.71. The van der Waals surface area contributed by atoms with Gasteiger partial charge in [-0.3, -0.25) is 10.1 Å². The van der Waals surface area contributed by atoms with Crippen molar-refractivity contribution in [3.8, 4) is 17.1 Å². The fourth-order valence-corrected chi connectivity index (χ4v) is 3.59. The summed E-state index contributed by atoms with van der Waals surface area (Å²) in [6.07, 6.45) is 0.315. The molecule has 6 radical (unpaired) electrons. The van der Waals surface area contributed by atoms with Gasteiger partial charge in [0.15, 0.2) is 17.3 Å². The Morgan fingerprint density at radius 2 is 1.87 bits per heavy atom. The summed E-state index contributed by atoms with van der Waals surface area (Å²) in [4.78, 5) is 28.6. The summed E-state index contributed by atoms with van der Waals surface area (Å²) < 4.78 is 38.2. The van der Waals surface area contributed by atoms with Gasteiger partial charge in [-0.25, -0.2) is 13.2 Å². The SMILES string of the molecule is [B]C([B])([B])NC(=O)c1nnc(NC(=O)OC)cc1Nc1cccc(-c2noc(CCS(C)(=O)=O)n2)c1OC. The molecule has 0 aliphatic carbocycles. The Labute approximate surface area is 221 Å². The second-order valence-corrected chi connectivity index (χ2v) is 10.2. The maximum Gasteiger partial charge on any atom is 0.412 e. The summed E-state index contributed by atoms with van der Waals surface area (Å²) in [5.74, 6) is -0.604. The molecule has 0 fully saturated rings. The molecule has 2 heterocycles. The molecular weight excluding hydrogens is 515 g/mol. The highest BCUT2D eigenvalue weighted by Crippen LogP contribution is 2.37. The van der Waals surface area contributed by atoms with Crippen molar-refractivity contribution in [3.63, 3.8) is 0 Å². The second kappa shape index (κ2) is 11.5. The lowest BCUT2D eigenvalue weighted by atomic mass is 9.49. The first-order valence-corrected chi connectivity index (χ1v) is 12.7. The molecular formula is C20H20B3N7O7S. The first kappa shape index (κ1) is 28.5. The van der Waals surface area contributed by atoms with Gasteiger partial charge in [-0.05, 0) is 12.1 Å². The van der Waals surface area contributed by atoms with Crippen LogP contribution in [0, 0.1) is 0 Å². The minimum atomic E-state index is -3.23. The number of sulfone groups is 1. The molecule has 192 valence electrons. The van der Waals surface area contributed by atoms with Crippen LogP contribution in [-0.4, -0.2) is 95.8 Å². The molecule has 14 nitrogen and oxygen atoms in total. The zero-order chi connectivity index (χ0) is 28.1. The highest BCUT2D eigenvalue weighted by molar-refractivity contribution is 7.90. The lowest BCUT2D eigenvalue weighted by molar-refractivity contribution is 0.0947. The number of benzene rings is 1. The molecule has 2 aromatic heterocycles. The van der Waals surface area contributed by atoms with Crippen molar-refractivity contribution in [2.75, 3.05) is 36.9 Å². The maximum atomic E-state index is 12.7. The van der Waals surface area contributed by atoms with Gasteiger partial charge in [0.1, 0.15) is 9.84 Å². The van der Waals surface area contributed by atoms with Gasteiger partial charge in [-0.1, -0.05) is 16.5 Å². The molecule has 0 unspecified atom stereocenters. The number of ether oxygens (including phenoxy) is 2. The standard InChI is InChI=1S/C20H20B3N7O7S/c1-35-16-10(17-26-14(37-30-17)7-8-38(3,33)34)5-4-6-11(16)24-12-9-13(25-19(32)36-2)28-29-15(12)18(31)27-20(21,22)23/h4-6,9H,7-8H2,1-3H3,(H,27,31)(H2,24,25,28,32). The van der Waals surface area contributed by atoms with E-state index >= 15 is 0 Å². The van der Waals surface area contributed by atoms with Gasteiger partial charge in [0.2, 0.25) is 11.7 Å². The van der Waals surface area contributed by atoms with E-state index in [-0.39, 0.29) is 46.8 Å². The summed E-state index contributed by atoms with van der Waals surface area (Å²) in [5.41, 5.74) is 0.475. The topological polar surface area (TPSA) is 188 Å². The summed E-state index contributed by atoms with van der Waals surface area (Å²) in [7, 11) is 15.7. The molecule has 0 aliphatic heterocycles. The van der Waals surface area contributed by atoms with Crippen LogP contribution in [0.15, 0.2) is 28.8 Å². The van der Waals surface area contributed by atoms with Crippen molar-refractivity contribution in [1.29, 1.82) is 0 Å². The number of rotatable bonds is 10.